The summed E-state index contributed by atoms with van der Waals surface area (Å²) >= 11 is 0. The van der Waals surface area contributed by atoms with Gasteiger partial charge in [0.15, 0.2) is 5.96 Å². The molecule has 1 aliphatic rings. The molecule has 0 saturated carbocycles. The molecular formula is C19H33IN4O2S. The Morgan fingerprint density at radius 2 is 1.96 bits per heavy atom. The van der Waals surface area contributed by atoms with Crippen molar-refractivity contribution in [2.75, 3.05) is 32.4 Å². The van der Waals surface area contributed by atoms with E-state index in [9.17, 15) is 8.42 Å². The van der Waals surface area contributed by atoms with Crippen LogP contribution < -0.4 is 10.0 Å². The fourth-order valence-corrected chi connectivity index (χ4v) is 4.79. The first kappa shape index (κ1) is 24.2. The van der Waals surface area contributed by atoms with Gasteiger partial charge in [-0.15, -0.1) is 24.0 Å². The SMILES string of the molecule is CN=C(NCCS(=O)(=O)NC(C)C)N1CCC(c2ccccc2)C(C)C1.I. The zero-order chi connectivity index (χ0) is 19.2. The molecule has 1 aromatic carbocycles. The van der Waals surface area contributed by atoms with E-state index in [1.54, 1.807) is 7.05 Å². The molecule has 1 aromatic rings. The summed E-state index contributed by atoms with van der Waals surface area (Å²) in [4.78, 5) is 6.57. The molecule has 0 bridgehead atoms. The third-order valence-electron chi connectivity index (χ3n) is 4.71. The quantitative estimate of drug-likeness (QED) is 0.352. The first-order valence-electron chi connectivity index (χ1n) is 9.33. The first-order valence-corrected chi connectivity index (χ1v) is 11.0. The van der Waals surface area contributed by atoms with Gasteiger partial charge in [0.2, 0.25) is 10.0 Å². The van der Waals surface area contributed by atoms with E-state index in [-0.39, 0.29) is 35.8 Å². The Kier molecular flexibility index (Phi) is 10.0. The van der Waals surface area contributed by atoms with Crippen LogP contribution in [-0.4, -0.2) is 57.8 Å². The molecule has 1 fully saturated rings. The Hall–Kier alpha value is -0.870. The Morgan fingerprint density at radius 1 is 1.30 bits per heavy atom. The standard InChI is InChI=1S/C19H32N4O2S.HI/c1-15(2)22-26(24,25)13-11-21-19(20-4)23-12-10-18(16(3)14-23)17-8-6-5-7-9-17;/h5-9,15-16,18,22H,10-14H2,1-4H3,(H,20,21);1H. The van der Waals surface area contributed by atoms with Crippen LogP contribution in [0.1, 0.15) is 38.7 Å². The number of likely N-dealkylation sites (tertiary alicyclic amines) is 1. The first-order chi connectivity index (χ1) is 12.3. The smallest absolute Gasteiger partial charge is 0.213 e. The Balaban J connectivity index is 0.00000364. The highest BCUT2D eigenvalue weighted by Crippen LogP contribution is 2.32. The fourth-order valence-electron chi connectivity index (χ4n) is 3.58. The second-order valence-electron chi connectivity index (χ2n) is 7.29. The van der Waals surface area contributed by atoms with Gasteiger partial charge in [0.25, 0.3) is 0 Å². The number of rotatable bonds is 6. The maximum atomic E-state index is 11.9. The van der Waals surface area contributed by atoms with E-state index < -0.39 is 10.0 Å². The van der Waals surface area contributed by atoms with Crippen molar-refractivity contribution in [1.29, 1.82) is 0 Å². The maximum absolute atomic E-state index is 11.9. The molecule has 0 aromatic heterocycles. The number of halogens is 1. The van der Waals surface area contributed by atoms with E-state index in [4.69, 9.17) is 0 Å². The summed E-state index contributed by atoms with van der Waals surface area (Å²) in [6.07, 6.45) is 1.07. The molecule has 6 nitrogen and oxygen atoms in total. The predicted molar refractivity (Wildman–Crippen MR) is 123 cm³/mol. The minimum absolute atomic E-state index is 0. The van der Waals surface area contributed by atoms with Crippen LogP contribution in [0.2, 0.25) is 0 Å². The summed E-state index contributed by atoms with van der Waals surface area (Å²) in [6.45, 7) is 8.09. The van der Waals surface area contributed by atoms with Crippen LogP contribution in [0, 0.1) is 5.92 Å². The van der Waals surface area contributed by atoms with Crippen molar-refractivity contribution in [3.05, 3.63) is 35.9 Å². The van der Waals surface area contributed by atoms with E-state index in [2.05, 4.69) is 57.2 Å². The number of hydrogen-bond donors (Lipinski definition) is 2. The van der Waals surface area contributed by atoms with Crippen LogP contribution in [0.15, 0.2) is 35.3 Å². The molecule has 1 saturated heterocycles. The lowest BCUT2D eigenvalue weighted by Crippen LogP contribution is -2.49. The molecular weight excluding hydrogens is 475 g/mol. The molecule has 0 amide bonds. The van der Waals surface area contributed by atoms with Crippen LogP contribution in [0.4, 0.5) is 0 Å². The zero-order valence-corrected chi connectivity index (χ0v) is 19.8. The summed E-state index contributed by atoms with van der Waals surface area (Å²) < 4.78 is 26.5. The molecule has 1 heterocycles. The third-order valence-corrected chi connectivity index (χ3v) is 6.29. The van der Waals surface area contributed by atoms with Crippen LogP contribution in [0.3, 0.4) is 0 Å². The summed E-state index contributed by atoms with van der Waals surface area (Å²) in [5.74, 6) is 1.89. The van der Waals surface area contributed by atoms with Crippen molar-refractivity contribution < 1.29 is 8.42 Å². The summed E-state index contributed by atoms with van der Waals surface area (Å²) in [7, 11) is -1.51. The highest BCUT2D eigenvalue weighted by atomic mass is 127. The highest BCUT2D eigenvalue weighted by Gasteiger charge is 2.28. The maximum Gasteiger partial charge on any atom is 0.213 e. The molecule has 8 heteroatoms. The van der Waals surface area contributed by atoms with Crippen LogP contribution in [0.25, 0.3) is 0 Å². The second-order valence-corrected chi connectivity index (χ2v) is 9.17. The lowest BCUT2D eigenvalue weighted by atomic mass is 9.82. The van der Waals surface area contributed by atoms with E-state index in [1.165, 1.54) is 5.56 Å². The van der Waals surface area contributed by atoms with Crippen molar-refractivity contribution in [3.63, 3.8) is 0 Å². The lowest BCUT2D eigenvalue weighted by molar-refractivity contribution is 0.235. The molecule has 154 valence electrons. The second kappa shape index (κ2) is 11.2. The van der Waals surface area contributed by atoms with Gasteiger partial charge >= 0.3 is 0 Å². The lowest BCUT2D eigenvalue weighted by Gasteiger charge is -2.39. The minimum atomic E-state index is -3.26. The Bertz CT molecular complexity index is 695. The number of sulfonamides is 1. The highest BCUT2D eigenvalue weighted by molar-refractivity contribution is 14.0. The van der Waals surface area contributed by atoms with Gasteiger partial charge in [-0.3, -0.25) is 4.99 Å². The number of guanidine groups is 1. The van der Waals surface area contributed by atoms with E-state index in [0.717, 1.165) is 25.5 Å². The number of benzene rings is 1. The van der Waals surface area contributed by atoms with Crippen molar-refractivity contribution in [2.24, 2.45) is 10.9 Å². The predicted octanol–water partition coefficient (Wildman–Crippen LogP) is 2.63. The summed E-state index contributed by atoms with van der Waals surface area (Å²) in [5.41, 5.74) is 1.40. The van der Waals surface area contributed by atoms with E-state index >= 15 is 0 Å². The molecule has 1 aliphatic heterocycles. The van der Waals surface area contributed by atoms with Gasteiger partial charge in [-0.25, -0.2) is 13.1 Å². The number of hydrogen-bond acceptors (Lipinski definition) is 3. The van der Waals surface area contributed by atoms with Crippen molar-refractivity contribution in [3.8, 4) is 0 Å². The normalized spacial score (nSPS) is 21.1. The summed E-state index contributed by atoms with van der Waals surface area (Å²) in [6, 6.07) is 10.6. The number of aliphatic imine (C=N–C) groups is 1. The van der Waals surface area contributed by atoms with Gasteiger partial charge in [-0.2, -0.15) is 0 Å². The van der Waals surface area contributed by atoms with Gasteiger partial charge in [-0.1, -0.05) is 37.3 Å². The Labute approximate surface area is 181 Å². The molecule has 2 N–H and O–H groups in total. The molecule has 27 heavy (non-hydrogen) atoms. The van der Waals surface area contributed by atoms with Crippen LogP contribution >= 0.6 is 24.0 Å². The van der Waals surface area contributed by atoms with Gasteiger partial charge in [0.05, 0.1) is 5.75 Å². The van der Waals surface area contributed by atoms with Gasteiger partial charge in [0, 0.05) is 32.7 Å². The molecule has 2 atom stereocenters. The molecule has 0 radical (unpaired) electrons. The van der Waals surface area contributed by atoms with Crippen LogP contribution in [0.5, 0.6) is 0 Å². The molecule has 0 spiro atoms. The van der Waals surface area contributed by atoms with Crippen molar-refractivity contribution >= 4 is 40.0 Å². The monoisotopic (exact) mass is 508 g/mol. The van der Waals surface area contributed by atoms with E-state index in [0.29, 0.717) is 18.4 Å². The van der Waals surface area contributed by atoms with Gasteiger partial charge in [0.1, 0.15) is 0 Å². The van der Waals surface area contributed by atoms with Gasteiger partial charge in [-0.05, 0) is 37.7 Å². The third kappa shape index (κ3) is 7.57. The average Bonchev–Trinajstić information content (AvgIpc) is 2.58. The number of piperidine rings is 1. The zero-order valence-electron chi connectivity index (χ0n) is 16.7. The summed E-state index contributed by atoms with van der Waals surface area (Å²) in [5, 5.41) is 3.20. The average molecular weight is 508 g/mol. The Morgan fingerprint density at radius 3 is 2.52 bits per heavy atom. The van der Waals surface area contributed by atoms with Crippen molar-refractivity contribution in [1.82, 2.24) is 14.9 Å². The largest absolute Gasteiger partial charge is 0.355 e. The van der Waals surface area contributed by atoms with Crippen molar-refractivity contribution in [2.45, 2.75) is 39.2 Å². The minimum Gasteiger partial charge on any atom is -0.355 e. The fraction of sp³-hybridized carbons (Fsp3) is 0.632. The molecule has 0 aliphatic carbocycles. The number of nitrogens with zero attached hydrogens (tertiary/aromatic N) is 2. The topological polar surface area (TPSA) is 73.8 Å². The molecule has 2 rings (SSSR count). The number of nitrogens with one attached hydrogen (secondary N) is 2. The van der Waals surface area contributed by atoms with Crippen LogP contribution in [-0.2, 0) is 10.0 Å². The van der Waals surface area contributed by atoms with E-state index in [1.807, 2.05) is 13.8 Å². The van der Waals surface area contributed by atoms with Gasteiger partial charge < -0.3 is 10.2 Å². The molecule has 2 unspecified atom stereocenters.